The van der Waals surface area contributed by atoms with E-state index in [2.05, 4.69) is 6.92 Å². The van der Waals surface area contributed by atoms with Crippen LogP contribution < -0.4 is 5.73 Å². The zero-order chi connectivity index (χ0) is 18.0. The van der Waals surface area contributed by atoms with Crippen LogP contribution in [0.15, 0.2) is 12.2 Å². The van der Waals surface area contributed by atoms with Crippen LogP contribution in [-0.4, -0.2) is 29.8 Å². The monoisotopic (exact) mass is 343 g/mol. The van der Waals surface area contributed by atoms with Gasteiger partial charge in [0.05, 0.1) is 12.7 Å². The normalized spacial score (nSPS) is 14.0. The molecule has 0 unspecified atom stereocenters. The fourth-order valence-corrected chi connectivity index (χ4v) is 2.66. The molecule has 0 saturated carbocycles. The van der Waals surface area contributed by atoms with Crippen LogP contribution in [0.25, 0.3) is 0 Å². The summed E-state index contributed by atoms with van der Waals surface area (Å²) in [5.74, 6) is -0.552. The zero-order valence-corrected chi connectivity index (χ0v) is 15.8. The molecule has 0 rings (SSSR count). The minimum absolute atomic E-state index is 0.279. The van der Waals surface area contributed by atoms with Gasteiger partial charge in [-0.15, -0.1) is 0 Å². The van der Waals surface area contributed by atoms with Gasteiger partial charge in [-0.2, -0.15) is 0 Å². The van der Waals surface area contributed by atoms with E-state index in [1.807, 2.05) is 6.08 Å². The molecule has 0 aliphatic carbocycles. The van der Waals surface area contributed by atoms with Gasteiger partial charge < -0.3 is 15.6 Å². The van der Waals surface area contributed by atoms with Crippen molar-refractivity contribution in [3.63, 3.8) is 0 Å². The number of nitrogens with two attached hydrogens (primary N) is 1. The summed E-state index contributed by atoms with van der Waals surface area (Å²) in [6.07, 6.45) is 18.1. The van der Waals surface area contributed by atoms with Crippen molar-refractivity contribution in [1.29, 1.82) is 0 Å². The first-order valence-corrected chi connectivity index (χ1v) is 9.90. The SMILES string of the molecule is CCCCCCCCCCCCC/C=C/[C@H](O)[13C@H](N)[13C](=O)OCC. The van der Waals surface area contributed by atoms with Gasteiger partial charge in [0.15, 0.2) is 0 Å². The molecule has 0 aromatic heterocycles. The van der Waals surface area contributed by atoms with E-state index in [1.54, 1.807) is 13.0 Å². The van der Waals surface area contributed by atoms with Crippen LogP contribution in [0.1, 0.15) is 90.9 Å². The Morgan fingerprint density at radius 2 is 1.46 bits per heavy atom. The van der Waals surface area contributed by atoms with Crippen LogP contribution >= 0.6 is 0 Å². The molecular weight excluding hydrogens is 304 g/mol. The number of allylic oxidation sites excluding steroid dienone is 1. The second-order valence-corrected chi connectivity index (χ2v) is 6.52. The fraction of sp³-hybridized carbons (Fsp3) is 0.850. The summed E-state index contributed by atoms with van der Waals surface area (Å²) in [6, 6.07) is -0.987. The van der Waals surface area contributed by atoms with E-state index >= 15 is 0 Å². The first kappa shape index (κ1) is 23.1. The maximum atomic E-state index is 11.4. The standard InChI is InChI=1S/C20H39NO3/c1-3-5-6-7-8-9-10-11-12-13-14-15-16-17-18(22)19(21)20(23)24-4-2/h16-19,22H,3-15,21H2,1-2H3/b17-16+/t18-,19-/m0/s1/i19+1,20+1. The second kappa shape index (κ2) is 17.0. The number of hydrogen-bond donors (Lipinski definition) is 2. The molecule has 4 nitrogen and oxygen atoms in total. The predicted molar refractivity (Wildman–Crippen MR) is 101 cm³/mol. The van der Waals surface area contributed by atoms with Gasteiger partial charge >= 0.3 is 5.97 Å². The molecule has 0 aromatic carbocycles. The number of carbonyl (C=O) groups excluding carboxylic acids is 1. The molecule has 0 saturated heterocycles. The van der Waals surface area contributed by atoms with E-state index in [9.17, 15) is 9.90 Å². The molecular formula is C20H39NO3. The molecule has 0 bridgehead atoms. The van der Waals surface area contributed by atoms with Crippen LogP contribution in [0.5, 0.6) is 0 Å². The summed E-state index contributed by atoms with van der Waals surface area (Å²) < 4.78 is 4.79. The summed E-state index contributed by atoms with van der Waals surface area (Å²) in [4.78, 5) is 11.4. The minimum Gasteiger partial charge on any atom is -0.465 e. The summed E-state index contributed by atoms with van der Waals surface area (Å²) >= 11 is 0. The molecule has 0 fully saturated rings. The highest BCUT2D eigenvalue weighted by Gasteiger charge is 2.21. The van der Waals surface area contributed by atoms with Gasteiger partial charge in [0.1, 0.15) is 6.04 Å². The predicted octanol–water partition coefficient (Wildman–Crippen LogP) is 4.50. The highest BCUT2D eigenvalue weighted by atomic mass is 16.6. The maximum Gasteiger partial charge on any atom is 0.325 e. The van der Waals surface area contributed by atoms with Gasteiger partial charge in [-0.1, -0.05) is 83.3 Å². The lowest BCUT2D eigenvalue weighted by atomic mass is 10.1. The summed E-state index contributed by atoms with van der Waals surface area (Å²) in [7, 11) is 0. The van der Waals surface area contributed by atoms with Crippen molar-refractivity contribution in [1.82, 2.24) is 0 Å². The lowest BCUT2D eigenvalue weighted by Gasteiger charge is -2.13. The van der Waals surface area contributed by atoms with Crippen molar-refractivity contribution < 1.29 is 14.6 Å². The molecule has 0 amide bonds. The molecule has 0 spiro atoms. The Bertz CT molecular complexity index is 318. The summed E-state index contributed by atoms with van der Waals surface area (Å²) in [6.45, 7) is 4.26. The van der Waals surface area contributed by atoms with Crippen molar-refractivity contribution in [3.8, 4) is 0 Å². The van der Waals surface area contributed by atoms with Crippen molar-refractivity contribution in [2.24, 2.45) is 5.73 Å². The quantitative estimate of drug-likeness (QED) is 0.187. The lowest BCUT2D eigenvalue weighted by Crippen LogP contribution is -2.42. The molecule has 0 aliphatic heterocycles. The number of carbonyl (C=O) groups is 1. The van der Waals surface area contributed by atoms with Crippen LogP contribution in [0, 0.1) is 0 Å². The highest BCUT2D eigenvalue weighted by molar-refractivity contribution is 5.76. The molecule has 3 N–H and O–H groups in total. The molecule has 4 heteroatoms. The van der Waals surface area contributed by atoms with Crippen LogP contribution in [0.3, 0.4) is 0 Å². The van der Waals surface area contributed by atoms with Crippen molar-refractivity contribution in [2.75, 3.05) is 6.61 Å². The Hall–Kier alpha value is -0.870. The van der Waals surface area contributed by atoms with Gasteiger partial charge in [0.2, 0.25) is 0 Å². The number of hydrogen-bond acceptors (Lipinski definition) is 4. The van der Waals surface area contributed by atoms with Gasteiger partial charge in [0, 0.05) is 0 Å². The molecule has 24 heavy (non-hydrogen) atoms. The first-order chi connectivity index (χ1) is 11.6. The Labute approximate surface area is 148 Å². The highest BCUT2D eigenvalue weighted by Crippen LogP contribution is 2.12. The average molecular weight is 344 g/mol. The van der Waals surface area contributed by atoms with E-state index < -0.39 is 18.1 Å². The van der Waals surface area contributed by atoms with E-state index in [4.69, 9.17) is 10.5 Å². The molecule has 0 aromatic rings. The van der Waals surface area contributed by atoms with Crippen LogP contribution in [0.4, 0.5) is 0 Å². The number of aliphatic hydroxyl groups is 1. The topological polar surface area (TPSA) is 72.5 Å². The van der Waals surface area contributed by atoms with E-state index in [0.29, 0.717) is 0 Å². The largest absolute Gasteiger partial charge is 0.465 e. The van der Waals surface area contributed by atoms with Gasteiger partial charge in [-0.3, -0.25) is 4.79 Å². The Balaban J connectivity index is 3.44. The molecule has 142 valence electrons. The lowest BCUT2D eigenvalue weighted by molar-refractivity contribution is -0.146. The average Bonchev–Trinajstić information content (AvgIpc) is 2.58. The smallest absolute Gasteiger partial charge is 0.325 e. The Kier molecular flexibility index (Phi) is 16.4. The third-order valence-electron chi connectivity index (χ3n) is 4.23. The number of rotatable bonds is 16. The second-order valence-electron chi connectivity index (χ2n) is 6.52. The molecule has 2 atom stereocenters. The van der Waals surface area contributed by atoms with Crippen molar-refractivity contribution >= 4 is 5.97 Å². The van der Waals surface area contributed by atoms with Gasteiger partial charge in [-0.25, -0.2) is 0 Å². The zero-order valence-electron chi connectivity index (χ0n) is 15.8. The number of unbranched alkanes of at least 4 members (excludes halogenated alkanes) is 11. The van der Waals surface area contributed by atoms with Crippen molar-refractivity contribution in [2.45, 2.75) is 103 Å². The molecule has 0 heterocycles. The van der Waals surface area contributed by atoms with Gasteiger partial charge in [-0.05, 0) is 19.8 Å². The Morgan fingerprint density at radius 3 is 1.96 bits per heavy atom. The van der Waals surface area contributed by atoms with E-state index in [1.165, 1.54) is 64.2 Å². The van der Waals surface area contributed by atoms with Crippen LogP contribution in [-0.2, 0) is 9.53 Å². The first-order valence-electron chi connectivity index (χ1n) is 9.90. The number of aliphatic hydroxyl groups excluding tert-OH is 1. The van der Waals surface area contributed by atoms with Crippen molar-refractivity contribution in [3.05, 3.63) is 12.2 Å². The number of ether oxygens (including phenoxy) is 1. The number of esters is 1. The maximum absolute atomic E-state index is 11.4. The van der Waals surface area contributed by atoms with E-state index in [-0.39, 0.29) is 6.61 Å². The summed E-state index contributed by atoms with van der Waals surface area (Å²) in [5, 5.41) is 9.78. The molecule has 0 aliphatic rings. The van der Waals surface area contributed by atoms with Gasteiger partial charge in [0.25, 0.3) is 0 Å². The minimum atomic E-state index is -0.987. The third kappa shape index (κ3) is 13.6. The Morgan fingerprint density at radius 1 is 0.958 bits per heavy atom. The fourth-order valence-electron chi connectivity index (χ4n) is 2.66. The van der Waals surface area contributed by atoms with E-state index in [0.717, 1.165) is 12.8 Å². The summed E-state index contributed by atoms with van der Waals surface area (Å²) in [5.41, 5.74) is 5.62. The van der Waals surface area contributed by atoms with Crippen LogP contribution in [0.2, 0.25) is 0 Å². The third-order valence-corrected chi connectivity index (χ3v) is 4.23. The molecule has 0 radical (unpaired) electrons.